The van der Waals surface area contributed by atoms with Gasteiger partial charge in [-0.05, 0) is 18.5 Å². The summed E-state index contributed by atoms with van der Waals surface area (Å²) in [6.45, 7) is 6.63. The van der Waals surface area contributed by atoms with E-state index < -0.39 is 0 Å². The van der Waals surface area contributed by atoms with Crippen molar-refractivity contribution in [2.75, 3.05) is 19.6 Å². The van der Waals surface area contributed by atoms with E-state index in [9.17, 15) is 4.79 Å². The maximum atomic E-state index is 12.2. The molecule has 1 aromatic carbocycles. The van der Waals surface area contributed by atoms with Gasteiger partial charge < -0.3 is 10.6 Å². The van der Waals surface area contributed by atoms with E-state index in [-0.39, 0.29) is 11.8 Å². The maximum Gasteiger partial charge on any atom is 0.227 e. The highest BCUT2D eigenvalue weighted by Gasteiger charge is 2.18. The lowest BCUT2D eigenvalue weighted by atomic mass is 9.94. The van der Waals surface area contributed by atoms with Gasteiger partial charge in [0.05, 0.1) is 5.92 Å². The first-order valence-electron chi connectivity index (χ1n) is 6.83. The van der Waals surface area contributed by atoms with Crippen molar-refractivity contribution in [2.45, 2.75) is 32.6 Å². The van der Waals surface area contributed by atoms with E-state index in [2.05, 4.69) is 24.5 Å². The summed E-state index contributed by atoms with van der Waals surface area (Å²) < 4.78 is 0. The predicted octanol–water partition coefficient (Wildman–Crippen LogP) is 2.30. The second-order valence-corrected chi connectivity index (χ2v) is 4.40. The second kappa shape index (κ2) is 8.70. The number of nitrogens with one attached hydrogen (secondary N) is 2. The third-order valence-corrected chi connectivity index (χ3v) is 2.95. The van der Waals surface area contributed by atoms with Crippen LogP contribution in [0.3, 0.4) is 0 Å². The Morgan fingerprint density at radius 3 is 2.50 bits per heavy atom. The highest BCUT2D eigenvalue weighted by atomic mass is 16.1. The zero-order valence-electron chi connectivity index (χ0n) is 11.4. The molecular weight excluding hydrogens is 224 g/mol. The van der Waals surface area contributed by atoms with Crippen molar-refractivity contribution in [2.24, 2.45) is 0 Å². The molecule has 1 unspecified atom stereocenters. The molecule has 1 amide bonds. The fraction of sp³-hybridized carbons (Fsp3) is 0.533. The Morgan fingerprint density at radius 1 is 1.17 bits per heavy atom. The lowest BCUT2D eigenvalue weighted by Gasteiger charge is -2.16. The molecule has 0 aliphatic heterocycles. The van der Waals surface area contributed by atoms with Crippen molar-refractivity contribution in [3.05, 3.63) is 35.9 Å². The van der Waals surface area contributed by atoms with Gasteiger partial charge in [-0.25, -0.2) is 0 Å². The van der Waals surface area contributed by atoms with Gasteiger partial charge in [-0.15, -0.1) is 0 Å². The van der Waals surface area contributed by atoms with Crippen LogP contribution in [0.4, 0.5) is 0 Å². The van der Waals surface area contributed by atoms with Crippen LogP contribution in [0.5, 0.6) is 0 Å². The van der Waals surface area contributed by atoms with Gasteiger partial charge in [0.1, 0.15) is 0 Å². The van der Waals surface area contributed by atoms with Crippen LogP contribution in [0, 0.1) is 0 Å². The molecule has 100 valence electrons. The highest BCUT2D eigenvalue weighted by molar-refractivity contribution is 5.83. The number of hydrogen-bond donors (Lipinski definition) is 2. The van der Waals surface area contributed by atoms with Gasteiger partial charge in [-0.2, -0.15) is 0 Å². The van der Waals surface area contributed by atoms with Crippen LogP contribution < -0.4 is 10.6 Å². The molecule has 3 nitrogen and oxygen atoms in total. The van der Waals surface area contributed by atoms with Crippen molar-refractivity contribution >= 4 is 5.91 Å². The van der Waals surface area contributed by atoms with Crippen molar-refractivity contribution in [3.63, 3.8) is 0 Å². The van der Waals surface area contributed by atoms with E-state index in [1.807, 2.05) is 30.3 Å². The SMILES string of the molecule is CCCC(C(=O)NCCNCC)c1ccccc1. The van der Waals surface area contributed by atoms with Crippen LogP contribution in [0.2, 0.25) is 0 Å². The van der Waals surface area contributed by atoms with Crippen LogP contribution in [0.15, 0.2) is 30.3 Å². The van der Waals surface area contributed by atoms with Crippen LogP contribution in [0.1, 0.15) is 38.2 Å². The zero-order valence-corrected chi connectivity index (χ0v) is 11.4. The van der Waals surface area contributed by atoms with Gasteiger partial charge in [0, 0.05) is 13.1 Å². The van der Waals surface area contributed by atoms with Crippen LogP contribution >= 0.6 is 0 Å². The van der Waals surface area contributed by atoms with Gasteiger partial charge >= 0.3 is 0 Å². The Bertz CT molecular complexity index is 338. The molecule has 1 atom stereocenters. The van der Waals surface area contributed by atoms with Gasteiger partial charge in [0.15, 0.2) is 0 Å². The van der Waals surface area contributed by atoms with Gasteiger partial charge in [-0.1, -0.05) is 50.6 Å². The molecule has 1 rings (SSSR count). The van der Waals surface area contributed by atoms with E-state index in [0.29, 0.717) is 6.54 Å². The number of amides is 1. The summed E-state index contributed by atoms with van der Waals surface area (Å²) in [6.07, 6.45) is 1.91. The fourth-order valence-corrected chi connectivity index (χ4v) is 2.00. The zero-order chi connectivity index (χ0) is 13.2. The molecule has 0 saturated carbocycles. The molecule has 0 saturated heterocycles. The quantitative estimate of drug-likeness (QED) is 0.693. The molecular formula is C15H24N2O. The smallest absolute Gasteiger partial charge is 0.227 e. The maximum absolute atomic E-state index is 12.2. The van der Waals surface area contributed by atoms with Crippen molar-refractivity contribution in [1.29, 1.82) is 0 Å². The lowest BCUT2D eigenvalue weighted by molar-refractivity contribution is -0.122. The molecule has 0 fully saturated rings. The van der Waals surface area contributed by atoms with Crippen molar-refractivity contribution in [3.8, 4) is 0 Å². The van der Waals surface area contributed by atoms with Crippen LogP contribution in [-0.4, -0.2) is 25.5 Å². The minimum Gasteiger partial charge on any atom is -0.354 e. The molecule has 0 radical (unpaired) electrons. The minimum absolute atomic E-state index is 0.0159. The number of likely N-dealkylation sites (N-methyl/N-ethyl adjacent to an activating group) is 1. The Kier molecular flexibility index (Phi) is 7.11. The highest BCUT2D eigenvalue weighted by Crippen LogP contribution is 2.20. The monoisotopic (exact) mass is 248 g/mol. The largest absolute Gasteiger partial charge is 0.354 e. The Balaban J connectivity index is 2.53. The summed E-state index contributed by atoms with van der Waals surface area (Å²) in [5.41, 5.74) is 1.11. The molecule has 2 N–H and O–H groups in total. The second-order valence-electron chi connectivity index (χ2n) is 4.40. The normalized spacial score (nSPS) is 12.1. The summed E-state index contributed by atoms with van der Waals surface area (Å²) >= 11 is 0. The molecule has 0 aromatic heterocycles. The van der Waals surface area contributed by atoms with E-state index in [4.69, 9.17) is 0 Å². The first kappa shape index (κ1) is 14.7. The summed E-state index contributed by atoms with van der Waals surface area (Å²) in [6, 6.07) is 10.0. The fourth-order valence-electron chi connectivity index (χ4n) is 2.00. The minimum atomic E-state index is -0.0159. The van der Waals surface area contributed by atoms with E-state index in [0.717, 1.165) is 31.5 Å². The van der Waals surface area contributed by atoms with Gasteiger partial charge in [0.2, 0.25) is 5.91 Å². The number of rotatable bonds is 8. The molecule has 0 heterocycles. The van der Waals surface area contributed by atoms with E-state index in [1.54, 1.807) is 0 Å². The number of hydrogen-bond acceptors (Lipinski definition) is 2. The number of benzene rings is 1. The summed E-state index contributed by atoms with van der Waals surface area (Å²) in [4.78, 5) is 12.2. The average molecular weight is 248 g/mol. The van der Waals surface area contributed by atoms with E-state index in [1.165, 1.54) is 0 Å². The van der Waals surface area contributed by atoms with E-state index >= 15 is 0 Å². The summed E-state index contributed by atoms with van der Waals surface area (Å²) in [7, 11) is 0. The Morgan fingerprint density at radius 2 is 1.89 bits per heavy atom. The third kappa shape index (κ3) is 4.88. The molecule has 0 aliphatic rings. The van der Waals surface area contributed by atoms with Gasteiger partial charge in [0.25, 0.3) is 0 Å². The molecule has 0 bridgehead atoms. The molecule has 0 aliphatic carbocycles. The van der Waals surface area contributed by atoms with Crippen LogP contribution in [-0.2, 0) is 4.79 Å². The third-order valence-electron chi connectivity index (χ3n) is 2.95. The predicted molar refractivity (Wildman–Crippen MR) is 75.6 cm³/mol. The molecule has 18 heavy (non-hydrogen) atoms. The van der Waals surface area contributed by atoms with Crippen molar-refractivity contribution in [1.82, 2.24) is 10.6 Å². The summed E-state index contributed by atoms with van der Waals surface area (Å²) in [5.74, 6) is 0.124. The van der Waals surface area contributed by atoms with Crippen molar-refractivity contribution < 1.29 is 4.79 Å². The molecule has 0 spiro atoms. The summed E-state index contributed by atoms with van der Waals surface area (Å²) in [5, 5.41) is 6.20. The Hall–Kier alpha value is -1.35. The lowest BCUT2D eigenvalue weighted by Crippen LogP contribution is -2.35. The first-order valence-corrected chi connectivity index (χ1v) is 6.83. The first-order chi connectivity index (χ1) is 8.79. The number of carbonyl (C=O) groups is 1. The molecule has 3 heteroatoms. The van der Waals surface area contributed by atoms with Gasteiger partial charge in [-0.3, -0.25) is 4.79 Å². The topological polar surface area (TPSA) is 41.1 Å². The standard InChI is InChI=1S/C15H24N2O/c1-3-8-14(13-9-6-5-7-10-13)15(18)17-12-11-16-4-2/h5-7,9-10,14,16H,3-4,8,11-12H2,1-2H3,(H,17,18). The average Bonchev–Trinajstić information content (AvgIpc) is 2.41. The Labute approximate surface area is 110 Å². The molecule has 1 aromatic rings. The number of carbonyl (C=O) groups excluding carboxylic acids is 1. The van der Waals surface area contributed by atoms with Crippen LogP contribution in [0.25, 0.3) is 0 Å².